The molecule has 2 aromatic carbocycles. The van der Waals surface area contributed by atoms with Crippen LogP contribution in [-0.4, -0.2) is 57.4 Å². The first-order valence-electron chi connectivity index (χ1n) is 11.5. The van der Waals surface area contributed by atoms with E-state index in [-0.39, 0.29) is 23.9 Å². The third kappa shape index (κ3) is 7.22. The molecule has 0 bridgehead atoms. The number of hydrogen-bond donors (Lipinski definition) is 0. The van der Waals surface area contributed by atoms with Gasteiger partial charge in [-0.3, -0.25) is 4.79 Å². The number of nitrogens with zero attached hydrogens (tertiary/aromatic N) is 2. The minimum atomic E-state index is -3.86. The Labute approximate surface area is 222 Å². The summed E-state index contributed by atoms with van der Waals surface area (Å²) in [5.41, 5.74) is 0.982. The number of sulfonamides is 1. The van der Waals surface area contributed by atoms with Gasteiger partial charge in [-0.2, -0.15) is 4.31 Å². The van der Waals surface area contributed by atoms with Crippen molar-refractivity contribution in [2.45, 2.75) is 31.2 Å². The van der Waals surface area contributed by atoms with Crippen LogP contribution >= 0.6 is 22.9 Å². The van der Waals surface area contributed by atoms with E-state index < -0.39 is 10.0 Å². The van der Waals surface area contributed by atoms with Gasteiger partial charge in [0.15, 0.2) is 11.5 Å². The Balaban J connectivity index is 1.80. The van der Waals surface area contributed by atoms with E-state index >= 15 is 0 Å². The molecule has 0 aliphatic heterocycles. The second-order valence-electron chi connectivity index (χ2n) is 8.13. The summed E-state index contributed by atoms with van der Waals surface area (Å²) in [5.74, 6) is 1.000. The first-order chi connectivity index (χ1) is 17.3. The highest BCUT2D eigenvalue weighted by molar-refractivity contribution is 7.89. The predicted molar refractivity (Wildman–Crippen MR) is 143 cm³/mol. The van der Waals surface area contributed by atoms with Crippen LogP contribution in [0.25, 0.3) is 0 Å². The van der Waals surface area contributed by atoms with Crippen LogP contribution < -0.4 is 9.47 Å². The number of carbonyl (C=O) groups excluding carboxylic acids is 1. The van der Waals surface area contributed by atoms with Crippen LogP contribution in [0.1, 0.15) is 23.8 Å². The molecular formula is C26H31ClN2O5S2. The Morgan fingerprint density at radius 3 is 2.33 bits per heavy atom. The third-order valence-electron chi connectivity index (χ3n) is 5.63. The highest BCUT2D eigenvalue weighted by Crippen LogP contribution is 2.28. The molecule has 3 rings (SSSR count). The van der Waals surface area contributed by atoms with Gasteiger partial charge in [0, 0.05) is 23.0 Å². The highest BCUT2D eigenvalue weighted by Gasteiger charge is 2.28. The van der Waals surface area contributed by atoms with Crippen LogP contribution in [0.3, 0.4) is 0 Å². The normalized spacial score (nSPS) is 11.5. The predicted octanol–water partition coefficient (Wildman–Crippen LogP) is 5.09. The van der Waals surface area contributed by atoms with Crippen molar-refractivity contribution >= 4 is 38.9 Å². The molecule has 0 radical (unpaired) electrons. The number of ether oxygens (including phenoxy) is 2. The fourth-order valence-electron chi connectivity index (χ4n) is 3.72. The molecule has 1 aromatic heterocycles. The summed E-state index contributed by atoms with van der Waals surface area (Å²) < 4.78 is 38.6. The van der Waals surface area contributed by atoms with E-state index in [2.05, 4.69) is 0 Å². The molecule has 7 nitrogen and oxygen atoms in total. The molecule has 0 fully saturated rings. The summed E-state index contributed by atoms with van der Waals surface area (Å²) in [5, 5.41) is 2.41. The van der Waals surface area contributed by atoms with Gasteiger partial charge in [0.25, 0.3) is 0 Å². The Kier molecular flexibility index (Phi) is 10.2. The standard InChI is InChI=1S/C26H31ClN2O5S2/c1-4-14-29(36(31,32)23-10-8-21(27)9-11-23)19-26(30)28(18-22-6-5-16-35-22)15-13-20-7-12-24(33-2)25(17-20)34-3/h5-12,16-17H,4,13-15,18-19H2,1-3H3. The van der Waals surface area contributed by atoms with Gasteiger partial charge in [-0.25, -0.2) is 8.42 Å². The molecule has 0 saturated carbocycles. The number of thiophene rings is 1. The maximum absolute atomic E-state index is 13.5. The number of hydrogen-bond acceptors (Lipinski definition) is 6. The first-order valence-corrected chi connectivity index (χ1v) is 14.2. The van der Waals surface area contributed by atoms with E-state index in [1.807, 2.05) is 42.6 Å². The zero-order valence-corrected chi connectivity index (χ0v) is 23.0. The largest absolute Gasteiger partial charge is 0.493 e. The molecule has 0 saturated heterocycles. The quantitative estimate of drug-likeness (QED) is 0.296. The fourth-order valence-corrected chi connectivity index (χ4v) is 6.05. The molecule has 1 amide bonds. The fraction of sp³-hybridized carbons (Fsp3) is 0.346. The van der Waals surface area contributed by atoms with Crippen molar-refractivity contribution in [1.29, 1.82) is 0 Å². The third-order valence-corrected chi connectivity index (χ3v) is 8.61. The van der Waals surface area contributed by atoms with E-state index in [1.54, 1.807) is 30.5 Å². The summed E-state index contributed by atoms with van der Waals surface area (Å²) in [6.45, 7) is 2.71. The molecule has 0 aliphatic rings. The maximum atomic E-state index is 13.5. The van der Waals surface area contributed by atoms with E-state index in [0.29, 0.717) is 42.5 Å². The molecule has 194 valence electrons. The summed E-state index contributed by atoms with van der Waals surface area (Å²) >= 11 is 7.49. The molecule has 0 atom stereocenters. The molecule has 0 aliphatic carbocycles. The molecule has 36 heavy (non-hydrogen) atoms. The van der Waals surface area contributed by atoms with E-state index in [1.165, 1.54) is 28.6 Å². The smallest absolute Gasteiger partial charge is 0.243 e. The minimum Gasteiger partial charge on any atom is -0.493 e. The van der Waals surface area contributed by atoms with Gasteiger partial charge in [-0.1, -0.05) is 30.7 Å². The van der Waals surface area contributed by atoms with Crippen molar-refractivity contribution in [3.8, 4) is 11.5 Å². The van der Waals surface area contributed by atoms with Crippen molar-refractivity contribution in [3.63, 3.8) is 0 Å². The second kappa shape index (κ2) is 13.1. The summed E-state index contributed by atoms with van der Waals surface area (Å²) in [4.78, 5) is 16.3. The molecule has 0 spiro atoms. The van der Waals surface area contributed by atoms with Crippen LogP contribution in [0.5, 0.6) is 11.5 Å². The zero-order valence-electron chi connectivity index (χ0n) is 20.6. The summed E-state index contributed by atoms with van der Waals surface area (Å²) in [7, 11) is -0.692. The van der Waals surface area contributed by atoms with Gasteiger partial charge in [-0.15, -0.1) is 11.3 Å². The molecule has 1 heterocycles. The van der Waals surface area contributed by atoms with Gasteiger partial charge in [0.05, 0.1) is 32.2 Å². The lowest BCUT2D eigenvalue weighted by atomic mass is 10.1. The Morgan fingerprint density at radius 2 is 1.72 bits per heavy atom. The van der Waals surface area contributed by atoms with Crippen molar-refractivity contribution in [2.24, 2.45) is 0 Å². The Hall–Kier alpha value is -2.59. The number of benzene rings is 2. The van der Waals surface area contributed by atoms with Crippen LogP contribution in [0.2, 0.25) is 5.02 Å². The SMILES string of the molecule is CCCN(CC(=O)N(CCc1ccc(OC)c(OC)c1)Cc1cccs1)S(=O)(=O)c1ccc(Cl)cc1. The topological polar surface area (TPSA) is 76.2 Å². The average molecular weight is 551 g/mol. The van der Waals surface area contributed by atoms with E-state index in [4.69, 9.17) is 21.1 Å². The van der Waals surface area contributed by atoms with Crippen LogP contribution in [-0.2, 0) is 27.8 Å². The average Bonchev–Trinajstić information content (AvgIpc) is 3.39. The molecule has 0 N–H and O–H groups in total. The lowest BCUT2D eigenvalue weighted by molar-refractivity contribution is -0.132. The number of halogens is 1. The van der Waals surface area contributed by atoms with Gasteiger partial charge in [0.1, 0.15) is 0 Å². The number of carbonyl (C=O) groups is 1. The van der Waals surface area contributed by atoms with Crippen molar-refractivity contribution in [3.05, 3.63) is 75.4 Å². The van der Waals surface area contributed by atoms with Gasteiger partial charge in [-0.05, 0) is 66.2 Å². The van der Waals surface area contributed by atoms with Crippen molar-refractivity contribution in [2.75, 3.05) is 33.9 Å². The Bertz CT molecular complexity index is 1230. The first kappa shape index (κ1) is 28.0. The monoisotopic (exact) mass is 550 g/mol. The van der Waals surface area contributed by atoms with Gasteiger partial charge >= 0.3 is 0 Å². The highest BCUT2D eigenvalue weighted by atomic mass is 35.5. The van der Waals surface area contributed by atoms with Crippen LogP contribution in [0.15, 0.2) is 64.9 Å². The lowest BCUT2D eigenvalue weighted by Gasteiger charge is -2.27. The summed E-state index contributed by atoms with van der Waals surface area (Å²) in [6.07, 6.45) is 1.16. The second-order valence-corrected chi connectivity index (χ2v) is 11.5. The summed E-state index contributed by atoms with van der Waals surface area (Å²) in [6, 6.07) is 15.6. The lowest BCUT2D eigenvalue weighted by Crippen LogP contribution is -2.43. The van der Waals surface area contributed by atoms with Crippen molar-refractivity contribution < 1.29 is 22.7 Å². The minimum absolute atomic E-state index is 0.114. The van der Waals surface area contributed by atoms with E-state index in [0.717, 1.165) is 10.4 Å². The van der Waals surface area contributed by atoms with Gasteiger partial charge < -0.3 is 14.4 Å². The number of amides is 1. The maximum Gasteiger partial charge on any atom is 0.243 e. The molecular weight excluding hydrogens is 520 g/mol. The van der Waals surface area contributed by atoms with Crippen LogP contribution in [0, 0.1) is 0 Å². The number of rotatable bonds is 13. The number of methoxy groups -OCH3 is 2. The van der Waals surface area contributed by atoms with E-state index in [9.17, 15) is 13.2 Å². The van der Waals surface area contributed by atoms with Gasteiger partial charge in [0.2, 0.25) is 15.9 Å². The Morgan fingerprint density at radius 1 is 1.00 bits per heavy atom. The molecule has 0 unspecified atom stereocenters. The van der Waals surface area contributed by atoms with Crippen molar-refractivity contribution in [1.82, 2.24) is 9.21 Å². The zero-order chi connectivity index (χ0) is 26.1. The molecule has 3 aromatic rings. The van der Waals surface area contributed by atoms with Crippen LogP contribution in [0.4, 0.5) is 0 Å². The molecule has 10 heteroatoms.